The molecule has 1 atom stereocenters. The van der Waals surface area contributed by atoms with E-state index in [1.165, 1.54) is 0 Å². The van der Waals surface area contributed by atoms with Crippen LogP contribution in [0.2, 0.25) is 0 Å². The zero-order chi connectivity index (χ0) is 13.1. The van der Waals surface area contributed by atoms with Crippen LogP contribution < -0.4 is 0 Å². The van der Waals surface area contributed by atoms with Gasteiger partial charge >= 0.3 is 0 Å². The second kappa shape index (κ2) is 5.72. The van der Waals surface area contributed by atoms with Crippen LogP contribution in [0.25, 0.3) is 0 Å². The zero-order valence-electron chi connectivity index (χ0n) is 10.8. The van der Waals surface area contributed by atoms with Crippen molar-refractivity contribution in [3.05, 3.63) is 34.9 Å². The highest BCUT2D eigenvalue weighted by atomic mass is 35.5. The average Bonchev–Trinajstić information content (AvgIpc) is 2.37. The molecule has 1 amide bonds. The normalized spacial score (nSPS) is 17.6. The van der Waals surface area contributed by atoms with Gasteiger partial charge in [-0.25, -0.2) is 0 Å². The molecule has 98 valence electrons. The van der Waals surface area contributed by atoms with Gasteiger partial charge in [0, 0.05) is 13.1 Å². The van der Waals surface area contributed by atoms with Crippen molar-refractivity contribution in [2.24, 2.45) is 0 Å². The van der Waals surface area contributed by atoms with E-state index in [0.717, 1.165) is 16.7 Å². The van der Waals surface area contributed by atoms with E-state index in [1.54, 1.807) is 4.90 Å². The molecule has 0 aliphatic carbocycles. The number of nitrogens with zero attached hydrogens (tertiary/aromatic N) is 1. The lowest BCUT2D eigenvalue weighted by Gasteiger charge is -2.28. The Morgan fingerprint density at radius 3 is 2.33 bits per heavy atom. The fourth-order valence-electron chi connectivity index (χ4n) is 2.24. The molecule has 0 aromatic heterocycles. The Morgan fingerprint density at radius 1 is 1.22 bits per heavy atom. The van der Waals surface area contributed by atoms with Crippen LogP contribution in [0.3, 0.4) is 0 Å². The molecular weight excluding hydrogens is 250 g/mol. The monoisotopic (exact) mass is 267 g/mol. The van der Waals surface area contributed by atoms with Crippen LogP contribution in [0.4, 0.5) is 0 Å². The topological polar surface area (TPSA) is 29.5 Å². The van der Waals surface area contributed by atoms with Crippen molar-refractivity contribution >= 4 is 17.5 Å². The van der Waals surface area contributed by atoms with E-state index in [1.807, 2.05) is 26.0 Å². The van der Waals surface area contributed by atoms with Gasteiger partial charge in [-0.3, -0.25) is 4.79 Å². The molecule has 3 nitrogen and oxygen atoms in total. The van der Waals surface area contributed by atoms with Gasteiger partial charge in [0.2, 0.25) is 5.91 Å². The first kappa shape index (κ1) is 13.4. The summed E-state index contributed by atoms with van der Waals surface area (Å²) in [5.41, 5.74) is 3.14. The van der Waals surface area contributed by atoms with Crippen LogP contribution in [0.15, 0.2) is 18.2 Å². The molecule has 1 aliphatic heterocycles. The van der Waals surface area contributed by atoms with Crippen molar-refractivity contribution in [3.63, 3.8) is 0 Å². The highest BCUT2D eigenvalue weighted by Gasteiger charge is 2.25. The van der Waals surface area contributed by atoms with E-state index in [0.29, 0.717) is 26.3 Å². The van der Waals surface area contributed by atoms with Gasteiger partial charge in [-0.1, -0.05) is 29.3 Å². The van der Waals surface area contributed by atoms with Crippen molar-refractivity contribution < 1.29 is 9.53 Å². The predicted octanol–water partition coefficient (Wildman–Crippen LogP) is 2.44. The van der Waals surface area contributed by atoms with Crippen LogP contribution in [0, 0.1) is 13.8 Å². The minimum atomic E-state index is -0.596. The first-order valence-corrected chi connectivity index (χ1v) is 6.60. The number of morpholine rings is 1. The third-order valence-electron chi connectivity index (χ3n) is 3.08. The number of carbonyl (C=O) groups excluding carboxylic acids is 1. The molecule has 4 heteroatoms. The van der Waals surface area contributed by atoms with Gasteiger partial charge in [-0.15, -0.1) is 11.6 Å². The second-order valence-corrected chi connectivity index (χ2v) is 5.16. The van der Waals surface area contributed by atoms with Crippen molar-refractivity contribution in [2.45, 2.75) is 19.2 Å². The van der Waals surface area contributed by atoms with E-state index >= 15 is 0 Å². The molecule has 0 saturated carbocycles. The van der Waals surface area contributed by atoms with Gasteiger partial charge in [0.05, 0.1) is 13.2 Å². The first-order chi connectivity index (χ1) is 8.58. The largest absolute Gasteiger partial charge is 0.378 e. The summed E-state index contributed by atoms with van der Waals surface area (Å²) in [6, 6.07) is 6.03. The van der Waals surface area contributed by atoms with E-state index < -0.39 is 5.38 Å². The van der Waals surface area contributed by atoms with Crippen LogP contribution in [-0.2, 0) is 9.53 Å². The Labute approximate surface area is 113 Å². The van der Waals surface area contributed by atoms with Crippen LogP contribution in [-0.4, -0.2) is 37.1 Å². The maximum Gasteiger partial charge on any atom is 0.245 e. The minimum Gasteiger partial charge on any atom is -0.378 e. The van der Waals surface area contributed by atoms with Gasteiger partial charge in [-0.05, 0) is 19.4 Å². The minimum absolute atomic E-state index is 0.0232. The number of amides is 1. The van der Waals surface area contributed by atoms with Crippen molar-refractivity contribution in [1.29, 1.82) is 0 Å². The molecule has 1 heterocycles. The Morgan fingerprint density at radius 2 is 1.78 bits per heavy atom. The van der Waals surface area contributed by atoms with E-state index in [2.05, 4.69) is 6.07 Å². The van der Waals surface area contributed by atoms with Crippen LogP contribution in [0.1, 0.15) is 22.1 Å². The van der Waals surface area contributed by atoms with Gasteiger partial charge < -0.3 is 9.64 Å². The smallest absolute Gasteiger partial charge is 0.245 e. The lowest BCUT2D eigenvalue weighted by atomic mass is 10.0. The molecule has 1 saturated heterocycles. The van der Waals surface area contributed by atoms with Crippen molar-refractivity contribution in [3.8, 4) is 0 Å². The van der Waals surface area contributed by atoms with E-state index in [9.17, 15) is 4.79 Å². The van der Waals surface area contributed by atoms with Gasteiger partial charge in [0.25, 0.3) is 0 Å². The molecular formula is C14H18ClNO2. The van der Waals surface area contributed by atoms with E-state index in [-0.39, 0.29) is 5.91 Å². The number of hydrogen-bond donors (Lipinski definition) is 0. The molecule has 1 aromatic rings. The Kier molecular flexibility index (Phi) is 4.25. The number of rotatable bonds is 2. The summed E-state index contributed by atoms with van der Waals surface area (Å²) in [7, 11) is 0. The van der Waals surface area contributed by atoms with Gasteiger partial charge in [-0.2, -0.15) is 0 Å². The van der Waals surface area contributed by atoms with Crippen LogP contribution >= 0.6 is 11.6 Å². The zero-order valence-corrected chi connectivity index (χ0v) is 11.5. The molecule has 0 N–H and O–H groups in total. The van der Waals surface area contributed by atoms with Crippen molar-refractivity contribution in [2.75, 3.05) is 26.3 Å². The van der Waals surface area contributed by atoms with Gasteiger partial charge in [0.1, 0.15) is 5.38 Å². The summed E-state index contributed by atoms with van der Waals surface area (Å²) >= 11 is 6.30. The average molecular weight is 268 g/mol. The highest BCUT2D eigenvalue weighted by molar-refractivity contribution is 6.30. The van der Waals surface area contributed by atoms with Crippen molar-refractivity contribution in [1.82, 2.24) is 4.90 Å². The number of carbonyl (C=O) groups is 1. The summed E-state index contributed by atoms with van der Waals surface area (Å²) in [6.45, 7) is 6.49. The lowest BCUT2D eigenvalue weighted by molar-refractivity contribution is -0.134. The van der Waals surface area contributed by atoms with E-state index in [4.69, 9.17) is 16.3 Å². The number of hydrogen-bond acceptors (Lipinski definition) is 2. The molecule has 1 fully saturated rings. The third-order valence-corrected chi connectivity index (χ3v) is 3.51. The number of aryl methyl sites for hydroxylation is 2. The SMILES string of the molecule is Cc1cc(C)cc(C(Cl)C(=O)N2CCOCC2)c1. The number of benzene rings is 1. The van der Waals surface area contributed by atoms with Crippen LogP contribution in [0.5, 0.6) is 0 Å². The van der Waals surface area contributed by atoms with Gasteiger partial charge in [0.15, 0.2) is 0 Å². The number of halogens is 1. The second-order valence-electron chi connectivity index (χ2n) is 4.72. The molecule has 0 bridgehead atoms. The lowest BCUT2D eigenvalue weighted by Crippen LogP contribution is -2.42. The third kappa shape index (κ3) is 3.03. The maximum absolute atomic E-state index is 12.3. The first-order valence-electron chi connectivity index (χ1n) is 6.17. The highest BCUT2D eigenvalue weighted by Crippen LogP contribution is 2.25. The maximum atomic E-state index is 12.3. The summed E-state index contributed by atoms with van der Waals surface area (Å²) in [5.74, 6) is -0.0232. The predicted molar refractivity (Wildman–Crippen MR) is 71.9 cm³/mol. The number of alkyl halides is 1. The molecule has 1 aliphatic rings. The molecule has 18 heavy (non-hydrogen) atoms. The fraction of sp³-hybridized carbons (Fsp3) is 0.500. The summed E-state index contributed by atoms with van der Waals surface area (Å²) in [5, 5.41) is -0.596. The Hall–Kier alpha value is -1.06. The fourth-order valence-corrected chi connectivity index (χ4v) is 2.51. The standard InChI is InChI=1S/C14H18ClNO2/c1-10-7-11(2)9-12(8-10)13(15)14(17)16-3-5-18-6-4-16/h7-9,13H,3-6H2,1-2H3. The molecule has 0 radical (unpaired) electrons. The molecule has 1 unspecified atom stereocenters. The summed E-state index contributed by atoms with van der Waals surface area (Å²) in [4.78, 5) is 14.0. The molecule has 0 spiro atoms. The number of ether oxygens (including phenoxy) is 1. The quantitative estimate of drug-likeness (QED) is 0.771. The molecule has 1 aromatic carbocycles. The molecule has 2 rings (SSSR count). The Bertz CT molecular complexity index is 421. The Balaban J connectivity index is 2.14. The summed E-state index contributed by atoms with van der Waals surface area (Å²) < 4.78 is 5.24. The summed E-state index contributed by atoms with van der Waals surface area (Å²) in [6.07, 6.45) is 0.